The van der Waals surface area contributed by atoms with Gasteiger partial charge in [0.25, 0.3) is 0 Å². The Kier molecular flexibility index (Phi) is 7.75. The monoisotopic (exact) mass is 447 g/mol. The number of nitrogens with one attached hydrogen (secondary N) is 1. The molecule has 9 heteroatoms. The van der Waals surface area contributed by atoms with Gasteiger partial charge in [-0.15, -0.1) is 11.3 Å². The lowest BCUT2D eigenvalue weighted by atomic mass is 10.2. The van der Waals surface area contributed by atoms with Crippen molar-refractivity contribution in [2.45, 2.75) is 20.0 Å². The fraction of sp³-hybridized carbons (Fsp3) is 0.190. The first-order valence-electron chi connectivity index (χ1n) is 9.09. The number of carbonyl (C=O) groups is 1. The number of esters is 1. The molecule has 0 atom stereocenters. The van der Waals surface area contributed by atoms with E-state index in [-0.39, 0.29) is 24.8 Å². The van der Waals surface area contributed by atoms with Gasteiger partial charge in [0, 0.05) is 16.0 Å². The van der Waals surface area contributed by atoms with Gasteiger partial charge in [-0.25, -0.2) is 9.37 Å². The fourth-order valence-corrected chi connectivity index (χ4v) is 3.29. The smallest absolute Gasteiger partial charge is 0.311 e. The van der Waals surface area contributed by atoms with E-state index >= 15 is 0 Å². The molecule has 0 saturated heterocycles. The molecule has 6 nitrogen and oxygen atoms in total. The Morgan fingerprint density at radius 3 is 2.87 bits per heavy atom. The van der Waals surface area contributed by atoms with Gasteiger partial charge in [-0.1, -0.05) is 23.7 Å². The standard InChI is InChI=1S/C21H19ClFN3O3S/c1-2-28-20(27)10-18-13-30-21(25-18)26-24-11-15-9-16(22)5-8-19(15)29-12-14-3-6-17(23)7-4-14/h3-9,11,13H,2,10,12H2,1H3,(H,25,26). The molecule has 1 heterocycles. The molecule has 0 aliphatic carbocycles. The minimum absolute atomic E-state index is 0.116. The van der Waals surface area contributed by atoms with Crippen LogP contribution in [0.15, 0.2) is 52.9 Å². The number of hydrogen-bond acceptors (Lipinski definition) is 7. The molecule has 0 fully saturated rings. The summed E-state index contributed by atoms with van der Waals surface area (Å²) in [6, 6.07) is 11.3. The summed E-state index contributed by atoms with van der Waals surface area (Å²) >= 11 is 7.42. The van der Waals surface area contributed by atoms with Crippen molar-refractivity contribution in [1.82, 2.24) is 4.98 Å². The quantitative estimate of drug-likeness (QED) is 0.282. The molecule has 3 rings (SSSR count). The van der Waals surface area contributed by atoms with Crippen molar-refractivity contribution in [3.63, 3.8) is 0 Å². The van der Waals surface area contributed by atoms with Crippen molar-refractivity contribution in [2.75, 3.05) is 12.0 Å². The second-order valence-corrected chi connectivity index (χ2v) is 7.39. The molecular formula is C21H19ClFN3O3S. The van der Waals surface area contributed by atoms with E-state index in [2.05, 4.69) is 15.5 Å². The van der Waals surface area contributed by atoms with Gasteiger partial charge in [-0.05, 0) is 42.8 Å². The highest BCUT2D eigenvalue weighted by Crippen LogP contribution is 2.23. The Labute approximate surface area is 182 Å². The maximum Gasteiger partial charge on any atom is 0.311 e. The SMILES string of the molecule is CCOC(=O)Cc1csc(NN=Cc2cc(Cl)ccc2OCc2ccc(F)cc2)n1. The third-order valence-electron chi connectivity index (χ3n) is 3.83. The lowest BCUT2D eigenvalue weighted by molar-refractivity contribution is -0.142. The van der Waals surface area contributed by atoms with E-state index in [4.69, 9.17) is 21.1 Å². The summed E-state index contributed by atoms with van der Waals surface area (Å²) < 4.78 is 23.8. The average Bonchev–Trinajstić information content (AvgIpc) is 3.16. The molecule has 0 saturated carbocycles. The van der Waals surface area contributed by atoms with Gasteiger partial charge < -0.3 is 9.47 Å². The first-order valence-corrected chi connectivity index (χ1v) is 10.3. The Morgan fingerprint density at radius 2 is 2.10 bits per heavy atom. The third-order valence-corrected chi connectivity index (χ3v) is 4.86. The van der Waals surface area contributed by atoms with Crippen LogP contribution < -0.4 is 10.2 Å². The summed E-state index contributed by atoms with van der Waals surface area (Å²) in [5, 5.41) is 7.03. The van der Waals surface area contributed by atoms with E-state index in [1.165, 1.54) is 23.5 Å². The van der Waals surface area contributed by atoms with Crippen molar-refractivity contribution in [3.05, 3.63) is 75.5 Å². The van der Waals surface area contributed by atoms with Crippen LogP contribution in [0.3, 0.4) is 0 Å². The zero-order chi connectivity index (χ0) is 21.3. The van der Waals surface area contributed by atoms with Crippen molar-refractivity contribution in [1.29, 1.82) is 0 Å². The highest BCUT2D eigenvalue weighted by Gasteiger charge is 2.08. The molecule has 3 aromatic rings. The summed E-state index contributed by atoms with van der Waals surface area (Å²) in [4.78, 5) is 15.8. The molecule has 0 aliphatic rings. The summed E-state index contributed by atoms with van der Waals surface area (Å²) in [5.74, 6) is -0.0344. The Balaban J connectivity index is 1.62. The van der Waals surface area contributed by atoms with E-state index in [0.29, 0.717) is 33.8 Å². The molecule has 1 N–H and O–H groups in total. The van der Waals surface area contributed by atoms with Crippen molar-refractivity contribution >= 4 is 40.3 Å². The number of ether oxygens (including phenoxy) is 2. The molecule has 30 heavy (non-hydrogen) atoms. The van der Waals surface area contributed by atoms with E-state index in [0.717, 1.165) is 5.56 Å². The minimum Gasteiger partial charge on any atom is -0.488 e. The fourth-order valence-electron chi connectivity index (χ4n) is 2.45. The van der Waals surface area contributed by atoms with Gasteiger partial charge in [-0.2, -0.15) is 5.10 Å². The number of carbonyl (C=O) groups excluding carboxylic acids is 1. The molecule has 0 amide bonds. The Morgan fingerprint density at radius 1 is 1.30 bits per heavy atom. The van der Waals surface area contributed by atoms with Crippen LogP contribution in [0.5, 0.6) is 5.75 Å². The van der Waals surface area contributed by atoms with E-state index in [9.17, 15) is 9.18 Å². The van der Waals surface area contributed by atoms with Crippen LogP contribution >= 0.6 is 22.9 Å². The van der Waals surface area contributed by atoms with Gasteiger partial charge in [-0.3, -0.25) is 10.2 Å². The molecule has 1 aromatic heterocycles. The van der Waals surface area contributed by atoms with Gasteiger partial charge in [0.1, 0.15) is 18.2 Å². The van der Waals surface area contributed by atoms with Gasteiger partial charge in [0.05, 0.1) is 24.9 Å². The number of thiazole rings is 1. The van der Waals surface area contributed by atoms with Gasteiger partial charge in [0.2, 0.25) is 5.13 Å². The number of hydrazone groups is 1. The Hall–Kier alpha value is -2.97. The predicted octanol–water partition coefficient (Wildman–Crippen LogP) is 5.07. The Bertz CT molecular complexity index is 1020. The maximum atomic E-state index is 13.0. The number of benzene rings is 2. The zero-order valence-electron chi connectivity index (χ0n) is 16.1. The number of rotatable bonds is 9. The number of halogens is 2. The maximum absolute atomic E-state index is 13.0. The van der Waals surface area contributed by atoms with Crippen LogP contribution in [0.2, 0.25) is 5.02 Å². The highest BCUT2D eigenvalue weighted by atomic mass is 35.5. The van der Waals surface area contributed by atoms with Crippen LogP contribution in [0.1, 0.15) is 23.7 Å². The van der Waals surface area contributed by atoms with Crippen LogP contribution in [0.4, 0.5) is 9.52 Å². The number of anilines is 1. The topological polar surface area (TPSA) is 72.8 Å². The second kappa shape index (κ2) is 10.7. The minimum atomic E-state index is -0.320. The average molecular weight is 448 g/mol. The summed E-state index contributed by atoms with van der Waals surface area (Å²) in [6.07, 6.45) is 1.68. The number of aromatic nitrogens is 1. The third kappa shape index (κ3) is 6.53. The predicted molar refractivity (Wildman–Crippen MR) is 116 cm³/mol. The van der Waals surface area contributed by atoms with Crippen LogP contribution in [0.25, 0.3) is 0 Å². The molecule has 0 aliphatic heterocycles. The first kappa shape index (κ1) is 21.7. The van der Waals surface area contributed by atoms with E-state index in [1.54, 1.807) is 48.9 Å². The van der Waals surface area contributed by atoms with Gasteiger partial charge in [0.15, 0.2) is 0 Å². The van der Waals surface area contributed by atoms with Gasteiger partial charge >= 0.3 is 5.97 Å². The van der Waals surface area contributed by atoms with Crippen LogP contribution in [0, 0.1) is 5.82 Å². The zero-order valence-corrected chi connectivity index (χ0v) is 17.7. The lowest BCUT2D eigenvalue weighted by Gasteiger charge is -2.09. The molecule has 0 bridgehead atoms. The van der Waals surface area contributed by atoms with Crippen LogP contribution in [-0.2, 0) is 22.6 Å². The summed E-state index contributed by atoms with van der Waals surface area (Å²) in [6.45, 7) is 2.37. The van der Waals surface area contributed by atoms with Crippen molar-refractivity contribution < 1.29 is 18.7 Å². The molecule has 156 valence electrons. The number of hydrogen-bond donors (Lipinski definition) is 1. The second-order valence-electron chi connectivity index (χ2n) is 6.09. The molecule has 0 radical (unpaired) electrons. The number of nitrogens with zero attached hydrogens (tertiary/aromatic N) is 2. The lowest BCUT2D eigenvalue weighted by Crippen LogP contribution is -2.07. The molecule has 2 aromatic carbocycles. The van der Waals surface area contributed by atoms with Crippen LogP contribution in [-0.4, -0.2) is 23.8 Å². The molecule has 0 unspecified atom stereocenters. The summed E-state index contributed by atoms with van der Waals surface area (Å²) in [5.41, 5.74) is 4.95. The van der Waals surface area contributed by atoms with E-state index < -0.39 is 0 Å². The first-order chi connectivity index (χ1) is 14.5. The molecular weight excluding hydrogens is 429 g/mol. The van der Waals surface area contributed by atoms with E-state index in [1.807, 2.05) is 0 Å². The molecule has 0 spiro atoms. The summed E-state index contributed by atoms with van der Waals surface area (Å²) in [7, 11) is 0. The highest BCUT2D eigenvalue weighted by molar-refractivity contribution is 7.13. The normalized spacial score (nSPS) is 10.9. The van der Waals surface area contributed by atoms with Crippen molar-refractivity contribution in [3.8, 4) is 5.75 Å². The van der Waals surface area contributed by atoms with Crippen molar-refractivity contribution in [2.24, 2.45) is 5.10 Å². The largest absolute Gasteiger partial charge is 0.488 e.